The second kappa shape index (κ2) is 7.72. The number of carbonyl (C=O) groups excluding carboxylic acids is 1. The Labute approximate surface area is 112 Å². The van der Waals surface area contributed by atoms with Gasteiger partial charge in [0.15, 0.2) is 0 Å². The average molecular weight is 283 g/mol. The molecule has 6 heteroatoms. The highest BCUT2D eigenvalue weighted by Gasteiger charge is 2.45. The molecule has 0 rings (SSSR count). The van der Waals surface area contributed by atoms with Crippen molar-refractivity contribution in [1.82, 2.24) is 0 Å². The standard InChI is InChI=1S/C13H24F3NO2/c1-5-9(4)6-10(11(17)13(14,15)16)12(18)19-7-8(2)3/h8-11H,5-7,17H2,1-4H3/t9?,10-,11-/m1/s1. The third-order valence-electron chi connectivity index (χ3n) is 3.03. The number of hydrogen-bond donors (Lipinski definition) is 1. The Hall–Kier alpha value is -0.780. The Morgan fingerprint density at radius 2 is 1.79 bits per heavy atom. The van der Waals surface area contributed by atoms with Crippen LogP contribution in [-0.4, -0.2) is 24.8 Å². The molecular weight excluding hydrogens is 259 g/mol. The second-order valence-electron chi connectivity index (χ2n) is 5.45. The number of alkyl halides is 3. The van der Waals surface area contributed by atoms with Crippen LogP contribution in [0.1, 0.15) is 40.5 Å². The van der Waals surface area contributed by atoms with Crippen LogP contribution in [0.15, 0.2) is 0 Å². The smallest absolute Gasteiger partial charge is 0.404 e. The maximum absolute atomic E-state index is 12.7. The molecule has 0 aromatic rings. The van der Waals surface area contributed by atoms with Crippen LogP contribution < -0.4 is 5.73 Å². The molecule has 19 heavy (non-hydrogen) atoms. The lowest BCUT2D eigenvalue weighted by Gasteiger charge is -2.26. The Bertz CT molecular complexity index is 280. The summed E-state index contributed by atoms with van der Waals surface area (Å²) in [4.78, 5) is 11.8. The van der Waals surface area contributed by atoms with Crippen LogP contribution >= 0.6 is 0 Å². The third kappa shape index (κ3) is 6.80. The van der Waals surface area contributed by atoms with Crippen molar-refractivity contribution in [2.45, 2.75) is 52.8 Å². The third-order valence-corrected chi connectivity index (χ3v) is 3.03. The van der Waals surface area contributed by atoms with Gasteiger partial charge in [-0.1, -0.05) is 34.1 Å². The SMILES string of the molecule is CCC(C)C[C@@H](C(=O)OCC(C)C)[C@@H](N)C(F)(F)F. The molecule has 0 bridgehead atoms. The van der Waals surface area contributed by atoms with Gasteiger partial charge in [0, 0.05) is 0 Å². The highest BCUT2D eigenvalue weighted by Crippen LogP contribution is 2.29. The van der Waals surface area contributed by atoms with Crippen LogP contribution in [0.25, 0.3) is 0 Å². The van der Waals surface area contributed by atoms with Gasteiger partial charge in [-0.15, -0.1) is 0 Å². The highest BCUT2D eigenvalue weighted by molar-refractivity contribution is 5.73. The first-order valence-electron chi connectivity index (χ1n) is 6.58. The molecule has 3 nitrogen and oxygen atoms in total. The van der Waals surface area contributed by atoms with E-state index in [9.17, 15) is 18.0 Å². The van der Waals surface area contributed by atoms with E-state index in [1.54, 1.807) is 6.92 Å². The van der Waals surface area contributed by atoms with E-state index in [0.717, 1.165) is 0 Å². The van der Waals surface area contributed by atoms with Crippen molar-refractivity contribution in [2.24, 2.45) is 23.5 Å². The molecule has 0 aliphatic carbocycles. The van der Waals surface area contributed by atoms with Gasteiger partial charge in [-0.25, -0.2) is 0 Å². The quantitative estimate of drug-likeness (QED) is 0.730. The van der Waals surface area contributed by atoms with Gasteiger partial charge in [0.1, 0.15) is 6.04 Å². The fraction of sp³-hybridized carbons (Fsp3) is 0.923. The number of esters is 1. The van der Waals surface area contributed by atoms with Crippen LogP contribution in [0.4, 0.5) is 13.2 Å². The zero-order valence-electron chi connectivity index (χ0n) is 12.0. The van der Waals surface area contributed by atoms with Gasteiger partial charge in [0.2, 0.25) is 0 Å². The number of halogens is 3. The van der Waals surface area contributed by atoms with E-state index in [4.69, 9.17) is 10.5 Å². The van der Waals surface area contributed by atoms with Crippen molar-refractivity contribution < 1.29 is 22.7 Å². The molecule has 2 N–H and O–H groups in total. The summed E-state index contributed by atoms with van der Waals surface area (Å²) < 4.78 is 42.9. The zero-order valence-corrected chi connectivity index (χ0v) is 12.0. The summed E-state index contributed by atoms with van der Waals surface area (Å²) in [6.07, 6.45) is -3.80. The van der Waals surface area contributed by atoms with Gasteiger partial charge in [-0.05, 0) is 18.3 Å². The normalized spacial score (nSPS) is 17.1. The second-order valence-corrected chi connectivity index (χ2v) is 5.45. The fourth-order valence-corrected chi connectivity index (χ4v) is 1.57. The summed E-state index contributed by atoms with van der Waals surface area (Å²) in [5.41, 5.74) is 5.18. The van der Waals surface area contributed by atoms with E-state index in [-0.39, 0.29) is 24.9 Å². The predicted octanol–water partition coefficient (Wildman–Crippen LogP) is 3.13. The zero-order chi connectivity index (χ0) is 15.2. The van der Waals surface area contributed by atoms with Crippen molar-refractivity contribution in [1.29, 1.82) is 0 Å². The van der Waals surface area contributed by atoms with Crippen LogP contribution in [0.3, 0.4) is 0 Å². The van der Waals surface area contributed by atoms with Crippen molar-refractivity contribution in [3.05, 3.63) is 0 Å². The molecule has 0 aliphatic heterocycles. The molecule has 1 unspecified atom stereocenters. The van der Waals surface area contributed by atoms with Crippen molar-refractivity contribution in [3.8, 4) is 0 Å². The molecule has 0 saturated heterocycles. The molecule has 0 heterocycles. The summed E-state index contributed by atoms with van der Waals surface area (Å²) in [6.45, 7) is 7.41. The van der Waals surface area contributed by atoms with Gasteiger partial charge in [0.25, 0.3) is 0 Å². The highest BCUT2D eigenvalue weighted by atomic mass is 19.4. The van der Waals surface area contributed by atoms with Crippen molar-refractivity contribution in [2.75, 3.05) is 6.61 Å². The first-order chi connectivity index (χ1) is 8.59. The molecule has 0 fully saturated rings. The van der Waals surface area contributed by atoms with Gasteiger partial charge >= 0.3 is 12.1 Å². The lowest BCUT2D eigenvalue weighted by Crippen LogP contribution is -2.48. The molecule has 0 aliphatic rings. The molecule has 0 aromatic heterocycles. The Morgan fingerprint density at radius 3 is 2.16 bits per heavy atom. The largest absolute Gasteiger partial charge is 0.465 e. The van der Waals surface area contributed by atoms with E-state index >= 15 is 0 Å². The number of carbonyl (C=O) groups is 1. The molecule has 3 atom stereocenters. The molecule has 0 radical (unpaired) electrons. The molecule has 0 aromatic carbocycles. The van der Waals surface area contributed by atoms with Crippen LogP contribution in [0.2, 0.25) is 0 Å². The lowest BCUT2D eigenvalue weighted by molar-refractivity contribution is -0.178. The number of nitrogens with two attached hydrogens (primary N) is 1. The van der Waals surface area contributed by atoms with E-state index < -0.39 is 24.1 Å². The molecule has 0 spiro atoms. The van der Waals surface area contributed by atoms with Gasteiger partial charge < -0.3 is 10.5 Å². The van der Waals surface area contributed by atoms with E-state index in [0.29, 0.717) is 6.42 Å². The van der Waals surface area contributed by atoms with Gasteiger partial charge in [-0.2, -0.15) is 13.2 Å². The summed E-state index contributed by atoms with van der Waals surface area (Å²) >= 11 is 0. The topological polar surface area (TPSA) is 52.3 Å². The fourth-order valence-electron chi connectivity index (χ4n) is 1.57. The Morgan fingerprint density at radius 1 is 1.26 bits per heavy atom. The van der Waals surface area contributed by atoms with Gasteiger partial charge in [-0.3, -0.25) is 4.79 Å². The Balaban J connectivity index is 4.80. The van der Waals surface area contributed by atoms with E-state index in [2.05, 4.69) is 0 Å². The van der Waals surface area contributed by atoms with E-state index in [1.165, 1.54) is 0 Å². The Kier molecular flexibility index (Phi) is 7.41. The van der Waals surface area contributed by atoms with Gasteiger partial charge in [0.05, 0.1) is 12.5 Å². The van der Waals surface area contributed by atoms with Crippen molar-refractivity contribution >= 4 is 5.97 Å². The van der Waals surface area contributed by atoms with Crippen LogP contribution in [0, 0.1) is 17.8 Å². The molecule has 0 saturated carbocycles. The summed E-state index contributed by atoms with van der Waals surface area (Å²) in [7, 11) is 0. The predicted molar refractivity (Wildman–Crippen MR) is 67.4 cm³/mol. The number of ether oxygens (including phenoxy) is 1. The minimum Gasteiger partial charge on any atom is -0.465 e. The maximum atomic E-state index is 12.7. The molecule has 114 valence electrons. The maximum Gasteiger partial charge on any atom is 0.404 e. The first kappa shape index (κ1) is 18.2. The molecule has 0 amide bonds. The molecular formula is C13H24F3NO2. The van der Waals surface area contributed by atoms with E-state index in [1.807, 2.05) is 20.8 Å². The minimum atomic E-state index is -4.59. The van der Waals surface area contributed by atoms with Crippen LogP contribution in [0.5, 0.6) is 0 Å². The number of hydrogen-bond acceptors (Lipinski definition) is 3. The summed E-state index contributed by atoms with van der Waals surface area (Å²) in [5.74, 6) is -2.10. The summed E-state index contributed by atoms with van der Waals surface area (Å²) in [6, 6.07) is -2.17. The minimum absolute atomic E-state index is 0.00926. The first-order valence-corrected chi connectivity index (χ1v) is 6.58. The lowest BCUT2D eigenvalue weighted by atomic mass is 9.88. The van der Waals surface area contributed by atoms with Crippen LogP contribution in [-0.2, 0) is 9.53 Å². The average Bonchev–Trinajstić information content (AvgIpc) is 2.30. The number of rotatable bonds is 7. The monoisotopic (exact) mass is 283 g/mol. The van der Waals surface area contributed by atoms with Crippen molar-refractivity contribution in [3.63, 3.8) is 0 Å². The summed E-state index contributed by atoms with van der Waals surface area (Å²) in [5, 5.41) is 0.